The third-order valence-electron chi connectivity index (χ3n) is 1.94. The van der Waals surface area contributed by atoms with Gasteiger partial charge in [0.2, 0.25) is 5.91 Å². The number of primary amides is 1. The van der Waals surface area contributed by atoms with Crippen molar-refractivity contribution in [1.29, 1.82) is 0 Å². The molecule has 0 atom stereocenters. The van der Waals surface area contributed by atoms with E-state index in [0.717, 1.165) is 11.4 Å². The summed E-state index contributed by atoms with van der Waals surface area (Å²) in [4.78, 5) is 15.0. The van der Waals surface area contributed by atoms with E-state index < -0.39 is 5.91 Å². The van der Waals surface area contributed by atoms with Crippen molar-refractivity contribution in [1.82, 2.24) is 4.98 Å². The Morgan fingerprint density at radius 1 is 1.62 bits per heavy atom. The molecule has 0 saturated carbocycles. The van der Waals surface area contributed by atoms with Crippen molar-refractivity contribution in [2.45, 2.75) is 0 Å². The summed E-state index contributed by atoms with van der Waals surface area (Å²) in [6.07, 6.45) is 3.40. The fourth-order valence-corrected chi connectivity index (χ4v) is 1.25. The van der Waals surface area contributed by atoms with Crippen LogP contribution in [0.1, 0.15) is 5.69 Å². The number of nitrogens with two attached hydrogens (primary N) is 1. The molecule has 0 fully saturated rings. The van der Waals surface area contributed by atoms with E-state index in [0.29, 0.717) is 12.1 Å². The van der Waals surface area contributed by atoms with Gasteiger partial charge in [-0.1, -0.05) is 0 Å². The summed E-state index contributed by atoms with van der Waals surface area (Å²) >= 11 is 0. The van der Waals surface area contributed by atoms with Gasteiger partial charge in [0.15, 0.2) is 0 Å². The monoisotopic (exact) mass is 175 g/mol. The van der Waals surface area contributed by atoms with Crippen LogP contribution in [-0.2, 0) is 4.79 Å². The minimum atomic E-state index is -0.399. The maximum atomic E-state index is 10.9. The molecule has 0 aromatic carbocycles. The third kappa shape index (κ3) is 1.38. The Labute approximate surface area is 75.5 Å². The molecule has 4 nitrogen and oxygen atoms in total. The number of pyridine rings is 1. The second-order valence-electron chi connectivity index (χ2n) is 2.82. The van der Waals surface area contributed by atoms with Crippen molar-refractivity contribution in [2.75, 3.05) is 11.9 Å². The van der Waals surface area contributed by atoms with Gasteiger partial charge >= 0.3 is 0 Å². The number of hydrogen-bond acceptors (Lipinski definition) is 3. The predicted octanol–water partition coefficient (Wildman–Crippen LogP) is 0.376. The highest BCUT2D eigenvalue weighted by atomic mass is 16.1. The fraction of sp³-hybridized carbons (Fsp3) is 0.111. The van der Waals surface area contributed by atoms with E-state index in [1.165, 1.54) is 0 Å². The van der Waals surface area contributed by atoms with Gasteiger partial charge in [-0.2, -0.15) is 0 Å². The first-order valence-corrected chi connectivity index (χ1v) is 3.96. The number of aromatic nitrogens is 1. The first-order valence-electron chi connectivity index (χ1n) is 3.96. The van der Waals surface area contributed by atoms with Crippen LogP contribution in [0.4, 0.5) is 5.69 Å². The van der Waals surface area contributed by atoms with Crippen LogP contribution in [0.3, 0.4) is 0 Å². The van der Waals surface area contributed by atoms with Crippen LogP contribution < -0.4 is 11.1 Å². The van der Waals surface area contributed by atoms with Gasteiger partial charge in [-0.05, 0) is 18.2 Å². The van der Waals surface area contributed by atoms with Crippen LogP contribution in [0, 0.1) is 0 Å². The lowest BCUT2D eigenvalue weighted by atomic mass is 10.1. The van der Waals surface area contributed by atoms with Crippen LogP contribution >= 0.6 is 0 Å². The Balaban J connectivity index is 2.44. The zero-order valence-corrected chi connectivity index (χ0v) is 6.95. The standard InChI is InChI=1S/C9H9N3O/c10-9(13)6-4-8-7(12-5-6)2-1-3-11-8/h1-4,12H,5H2,(H2,10,13). The van der Waals surface area contributed by atoms with E-state index in [2.05, 4.69) is 10.3 Å². The molecule has 1 aromatic rings. The molecular formula is C9H9N3O. The predicted molar refractivity (Wildman–Crippen MR) is 49.9 cm³/mol. The van der Waals surface area contributed by atoms with Crippen molar-refractivity contribution >= 4 is 17.7 Å². The van der Waals surface area contributed by atoms with Crippen molar-refractivity contribution in [3.05, 3.63) is 29.6 Å². The lowest BCUT2D eigenvalue weighted by molar-refractivity contribution is -0.114. The molecule has 0 unspecified atom stereocenters. The lowest BCUT2D eigenvalue weighted by Crippen LogP contribution is -2.22. The molecule has 0 saturated heterocycles. The highest BCUT2D eigenvalue weighted by molar-refractivity contribution is 5.99. The molecule has 2 rings (SSSR count). The molecule has 0 bridgehead atoms. The summed E-state index contributed by atoms with van der Waals surface area (Å²) in [7, 11) is 0. The molecule has 1 amide bonds. The maximum absolute atomic E-state index is 10.9. The largest absolute Gasteiger partial charge is 0.379 e. The molecular weight excluding hydrogens is 166 g/mol. The molecule has 13 heavy (non-hydrogen) atoms. The number of carbonyl (C=O) groups excluding carboxylic acids is 1. The highest BCUT2D eigenvalue weighted by Crippen LogP contribution is 2.20. The van der Waals surface area contributed by atoms with Crippen LogP contribution in [-0.4, -0.2) is 17.4 Å². The van der Waals surface area contributed by atoms with Gasteiger partial charge in [0.05, 0.1) is 11.4 Å². The average molecular weight is 175 g/mol. The number of amides is 1. The van der Waals surface area contributed by atoms with E-state index >= 15 is 0 Å². The van der Waals surface area contributed by atoms with Gasteiger partial charge in [-0.15, -0.1) is 0 Å². The van der Waals surface area contributed by atoms with Gasteiger partial charge in [0.1, 0.15) is 0 Å². The van der Waals surface area contributed by atoms with Gasteiger partial charge < -0.3 is 11.1 Å². The summed E-state index contributed by atoms with van der Waals surface area (Å²) in [5.41, 5.74) is 7.41. The summed E-state index contributed by atoms with van der Waals surface area (Å²) in [5, 5.41) is 3.06. The number of carbonyl (C=O) groups is 1. The first-order chi connectivity index (χ1) is 6.27. The summed E-state index contributed by atoms with van der Waals surface area (Å²) < 4.78 is 0. The number of rotatable bonds is 1. The molecule has 1 aromatic heterocycles. The van der Waals surface area contributed by atoms with Crippen molar-refractivity contribution < 1.29 is 4.79 Å². The number of nitrogens with one attached hydrogen (secondary N) is 1. The Kier molecular flexibility index (Phi) is 1.73. The summed E-state index contributed by atoms with van der Waals surface area (Å²) in [5.74, 6) is -0.399. The number of hydrogen-bond donors (Lipinski definition) is 2. The minimum absolute atomic E-state index is 0.399. The van der Waals surface area contributed by atoms with E-state index in [1.54, 1.807) is 12.3 Å². The molecule has 3 N–H and O–H groups in total. The van der Waals surface area contributed by atoms with Crippen LogP contribution in [0.2, 0.25) is 0 Å². The smallest absolute Gasteiger partial charge is 0.246 e. The Morgan fingerprint density at radius 2 is 2.46 bits per heavy atom. The number of anilines is 1. The van der Waals surface area contributed by atoms with Crippen molar-refractivity contribution in [2.24, 2.45) is 5.73 Å². The molecule has 0 aliphatic carbocycles. The molecule has 0 radical (unpaired) electrons. The normalized spacial score (nSPS) is 14.0. The van der Waals surface area contributed by atoms with Gasteiger partial charge in [0, 0.05) is 18.3 Å². The Bertz CT molecular complexity index is 384. The second-order valence-corrected chi connectivity index (χ2v) is 2.82. The first kappa shape index (κ1) is 7.79. The SMILES string of the molecule is NC(=O)C1=Cc2ncccc2NC1. The molecule has 0 spiro atoms. The Hall–Kier alpha value is -1.84. The third-order valence-corrected chi connectivity index (χ3v) is 1.94. The van der Waals surface area contributed by atoms with Gasteiger partial charge in [-0.3, -0.25) is 9.78 Å². The quantitative estimate of drug-likeness (QED) is 0.648. The topological polar surface area (TPSA) is 68.0 Å². The molecule has 4 heteroatoms. The van der Waals surface area contributed by atoms with Crippen LogP contribution in [0.15, 0.2) is 23.9 Å². The van der Waals surface area contributed by atoms with E-state index in [1.807, 2.05) is 12.1 Å². The van der Waals surface area contributed by atoms with E-state index in [-0.39, 0.29) is 0 Å². The van der Waals surface area contributed by atoms with Crippen LogP contribution in [0.5, 0.6) is 0 Å². The van der Waals surface area contributed by atoms with Gasteiger partial charge in [0.25, 0.3) is 0 Å². The van der Waals surface area contributed by atoms with Gasteiger partial charge in [-0.25, -0.2) is 0 Å². The highest BCUT2D eigenvalue weighted by Gasteiger charge is 2.12. The van der Waals surface area contributed by atoms with E-state index in [4.69, 9.17) is 5.73 Å². The van der Waals surface area contributed by atoms with E-state index in [9.17, 15) is 4.79 Å². The minimum Gasteiger partial charge on any atom is -0.379 e. The van der Waals surface area contributed by atoms with Crippen LogP contribution in [0.25, 0.3) is 6.08 Å². The molecule has 1 aliphatic heterocycles. The zero-order chi connectivity index (χ0) is 9.26. The number of nitrogens with zero attached hydrogens (tertiary/aromatic N) is 1. The Morgan fingerprint density at radius 3 is 3.23 bits per heavy atom. The molecule has 2 heterocycles. The molecule has 1 aliphatic rings. The van der Waals surface area contributed by atoms with Crippen molar-refractivity contribution in [3.63, 3.8) is 0 Å². The molecule has 66 valence electrons. The fourth-order valence-electron chi connectivity index (χ4n) is 1.25. The summed E-state index contributed by atoms with van der Waals surface area (Å²) in [6, 6.07) is 3.76. The number of fused-ring (bicyclic) bond motifs is 1. The lowest BCUT2D eigenvalue weighted by Gasteiger charge is -2.15. The second kappa shape index (κ2) is 2.90. The maximum Gasteiger partial charge on any atom is 0.246 e. The summed E-state index contributed by atoms with van der Waals surface area (Å²) in [6.45, 7) is 0.480. The zero-order valence-electron chi connectivity index (χ0n) is 6.95. The van der Waals surface area contributed by atoms with Crippen molar-refractivity contribution in [3.8, 4) is 0 Å². The average Bonchev–Trinajstić information content (AvgIpc) is 2.17.